The van der Waals surface area contributed by atoms with Crippen LogP contribution in [-0.4, -0.2) is 59.3 Å². The monoisotopic (exact) mass is 512 g/mol. The number of halogens is 1. The number of aromatic hydroxyl groups is 1. The Labute approximate surface area is 204 Å². The first-order valence-corrected chi connectivity index (χ1v) is 11.2. The molecule has 0 fully saturated rings. The highest BCUT2D eigenvalue weighted by Crippen LogP contribution is 2.27. The number of ether oxygens (including phenoxy) is 2. The number of rotatable bonds is 8. The van der Waals surface area contributed by atoms with Gasteiger partial charge in [0.15, 0.2) is 10.3 Å². The Morgan fingerprint density at radius 2 is 1.94 bits per heavy atom. The van der Waals surface area contributed by atoms with Gasteiger partial charge in [0.05, 0.1) is 20.1 Å². The van der Waals surface area contributed by atoms with E-state index in [1.165, 1.54) is 12.1 Å². The standard InChI is InChI=1S/C21H25ClN4O7S/c1-21(2,3)33-20(31)23-10-13(18(30)32-4)24-17(29)15-16(22)26-19(34-15)25-14(28)9-11-6-5-7-12(27)8-11/h5-8,13,27H,9-10H2,1-4H3,(H,23,31)(H,24,29)(H,25,26,28)/t13-/m0/s1. The number of phenols is 1. The Morgan fingerprint density at radius 3 is 2.56 bits per heavy atom. The lowest BCUT2D eigenvalue weighted by molar-refractivity contribution is -0.142. The Morgan fingerprint density at radius 1 is 1.24 bits per heavy atom. The molecular formula is C21H25ClN4O7S. The van der Waals surface area contributed by atoms with Crippen LogP contribution >= 0.6 is 22.9 Å². The number of nitrogens with zero attached hydrogens (tertiary/aromatic N) is 1. The summed E-state index contributed by atoms with van der Waals surface area (Å²) in [6.45, 7) is 4.74. The summed E-state index contributed by atoms with van der Waals surface area (Å²) in [5.74, 6) is -1.96. The summed E-state index contributed by atoms with van der Waals surface area (Å²) in [4.78, 5) is 52.8. The first-order chi connectivity index (χ1) is 15.9. The Kier molecular flexibility index (Phi) is 9.21. The van der Waals surface area contributed by atoms with Crippen molar-refractivity contribution >= 4 is 51.9 Å². The molecule has 0 radical (unpaired) electrons. The van der Waals surface area contributed by atoms with Crippen molar-refractivity contribution in [3.63, 3.8) is 0 Å². The van der Waals surface area contributed by atoms with Gasteiger partial charge in [-0.05, 0) is 38.5 Å². The molecule has 0 unspecified atom stereocenters. The average molecular weight is 513 g/mol. The van der Waals surface area contributed by atoms with E-state index in [9.17, 15) is 24.3 Å². The van der Waals surface area contributed by atoms with Gasteiger partial charge in [-0.1, -0.05) is 35.1 Å². The molecule has 34 heavy (non-hydrogen) atoms. The number of carbonyl (C=O) groups excluding carboxylic acids is 4. The van der Waals surface area contributed by atoms with Gasteiger partial charge >= 0.3 is 12.1 Å². The number of hydrogen-bond acceptors (Lipinski definition) is 9. The van der Waals surface area contributed by atoms with Crippen LogP contribution in [0, 0.1) is 0 Å². The molecule has 13 heteroatoms. The number of anilines is 1. The van der Waals surface area contributed by atoms with E-state index >= 15 is 0 Å². The van der Waals surface area contributed by atoms with E-state index in [-0.39, 0.29) is 33.9 Å². The van der Waals surface area contributed by atoms with Crippen molar-refractivity contribution in [1.29, 1.82) is 0 Å². The average Bonchev–Trinajstić information content (AvgIpc) is 3.08. The maximum Gasteiger partial charge on any atom is 0.407 e. The maximum atomic E-state index is 12.7. The van der Waals surface area contributed by atoms with E-state index in [1.807, 2.05) is 0 Å². The number of amides is 3. The molecule has 184 valence electrons. The molecule has 1 aromatic carbocycles. The topological polar surface area (TPSA) is 156 Å². The number of hydrogen-bond donors (Lipinski definition) is 4. The van der Waals surface area contributed by atoms with Gasteiger partial charge in [0.25, 0.3) is 5.91 Å². The predicted molar refractivity (Wildman–Crippen MR) is 125 cm³/mol. The quantitative estimate of drug-likeness (QED) is 0.393. The van der Waals surface area contributed by atoms with Crippen LogP contribution in [0.5, 0.6) is 5.75 Å². The summed E-state index contributed by atoms with van der Waals surface area (Å²) >= 11 is 6.85. The summed E-state index contributed by atoms with van der Waals surface area (Å²) in [6, 6.07) is 4.98. The highest BCUT2D eigenvalue weighted by molar-refractivity contribution is 7.18. The number of esters is 1. The lowest BCUT2D eigenvalue weighted by Gasteiger charge is -2.21. The Balaban J connectivity index is 2.02. The molecule has 0 bridgehead atoms. The zero-order chi connectivity index (χ0) is 25.5. The minimum absolute atomic E-state index is 0.0304. The Bertz CT molecular complexity index is 1070. The third-order valence-electron chi connectivity index (χ3n) is 3.95. The molecule has 2 aromatic rings. The molecule has 0 saturated carbocycles. The normalized spacial score (nSPS) is 11.8. The summed E-state index contributed by atoms with van der Waals surface area (Å²) in [6.07, 6.45) is -0.809. The van der Waals surface area contributed by atoms with Crippen molar-refractivity contribution in [2.75, 3.05) is 19.0 Å². The van der Waals surface area contributed by atoms with Gasteiger partial charge < -0.3 is 30.5 Å². The molecule has 11 nitrogen and oxygen atoms in total. The van der Waals surface area contributed by atoms with E-state index < -0.39 is 35.5 Å². The van der Waals surface area contributed by atoms with E-state index in [2.05, 4.69) is 25.7 Å². The number of nitrogens with one attached hydrogen (secondary N) is 3. The van der Waals surface area contributed by atoms with E-state index in [4.69, 9.17) is 16.3 Å². The number of methoxy groups -OCH3 is 1. The van der Waals surface area contributed by atoms with Gasteiger partial charge in [-0.25, -0.2) is 14.6 Å². The number of phenolic OH excluding ortho intramolecular Hbond substituents is 1. The summed E-state index contributed by atoms with van der Waals surface area (Å²) < 4.78 is 9.77. The van der Waals surface area contributed by atoms with Crippen molar-refractivity contribution in [2.45, 2.75) is 38.8 Å². The van der Waals surface area contributed by atoms with E-state index in [1.54, 1.807) is 32.9 Å². The second-order valence-corrected chi connectivity index (χ2v) is 9.32. The van der Waals surface area contributed by atoms with Crippen molar-refractivity contribution in [2.24, 2.45) is 0 Å². The second-order valence-electron chi connectivity index (χ2n) is 7.97. The molecular weight excluding hydrogens is 488 g/mol. The van der Waals surface area contributed by atoms with Crippen LogP contribution in [0.15, 0.2) is 24.3 Å². The zero-order valence-corrected chi connectivity index (χ0v) is 20.5. The van der Waals surface area contributed by atoms with Crippen molar-refractivity contribution in [1.82, 2.24) is 15.6 Å². The molecule has 0 aliphatic carbocycles. The summed E-state index contributed by atoms with van der Waals surface area (Å²) in [7, 11) is 1.13. The third kappa shape index (κ3) is 8.52. The van der Waals surface area contributed by atoms with Crippen LogP contribution in [0.1, 0.15) is 36.0 Å². The maximum absolute atomic E-state index is 12.7. The number of carbonyl (C=O) groups is 4. The van der Waals surface area contributed by atoms with Crippen LogP contribution in [0.2, 0.25) is 5.15 Å². The van der Waals surface area contributed by atoms with E-state index in [0.717, 1.165) is 18.4 Å². The second kappa shape index (κ2) is 11.7. The summed E-state index contributed by atoms with van der Waals surface area (Å²) in [5, 5.41) is 16.7. The van der Waals surface area contributed by atoms with Crippen LogP contribution < -0.4 is 16.0 Å². The van der Waals surface area contributed by atoms with Gasteiger partial charge in [-0.2, -0.15) is 0 Å². The smallest absolute Gasteiger partial charge is 0.407 e. The fourth-order valence-corrected chi connectivity index (χ4v) is 3.68. The molecule has 1 aromatic heterocycles. The Hall–Kier alpha value is -3.38. The van der Waals surface area contributed by atoms with Gasteiger partial charge in [-0.15, -0.1) is 0 Å². The third-order valence-corrected chi connectivity index (χ3v) is 5.31. The van der Waals surface area contributed by atoms with Crippen LogP contribution in [0.4, 0.5) is 9.93 Å². The number of aromatic nitrogens is 1. The minimum atomic E-state index is -1.23. The van der Waals surface area contributed by atoms with Gasteiger partial charge in [0, 0.05) is 0 Å². The molecule has 4 N–H and O–H groups in total. The largest absolute Gasteiger partial charge is 0.508 e. The molecule has 0 aliphatic rings. The first-order valence-electron chi connectivity index (χ1n) is 9.97. The number of benzene rings is 1. The van der Waals surface area contributed by atoms with Gasteiger partial charge in [-0.3, -0.25) is 9.59 Å². The lowest BCUT2D eigenvalue weighted by atomic mass is 10.1. The highest BCUT2D eigenvalue weighted by atomic mass is 35.5. The molecule has 1 heterocycles. The highest BCUT2D eigenvalue weighted by Gasteiger charge is 2.27. The summed E-state index contributed by atoms with van der Waals surface area (Å²) in [5.41, 5.74) is -0.164. The minimum Gasteiger partial charge on any atom is -0.508 e. The molecule has 2 rings (SSSR count). The van der Waals surface area contributed by atoms with Gasteiger partial charge in [0.1, 0.15) is 22.3 Å². The predicted octanol–water partition coefficient (Wildman–Crippen LogP) is 2.48. The molecule has 0 aliphatic heterocycles. The first kappa shape index (κ1) is 26.9. The SMILES string of the molecule is COC(=O)[C@H](CNC(=O)OC(C)(C)C)NC(=O)c1sc(NC(=O)Cc2cccc(O)c2)nc1Cl. The van der Waals surface area contributed by atoms with Gasteiger partial charge in [0.2, 0.25) is 5.91 Å². The number of alkyl carbamates (subject to hydrolysis) is 1. The zero-order valence-electron chi connectivity index (χ0n) is 18.9. The lowest BCUT2D eigenvalue weighted by Crippen LogP contribution is -2.49. The molecule has 3 amide bonds. The van der Waals surface area contributed by atoms with E-state index in [0.29, 0.717) is 5.56 Å². The molecule has 1 atom stereocenters. The van der Waals surface area contributed by atoms with Crippen LogP contribution in [0.3, 0.4) is 0 Å². The van der Waals surface area contributed by atoms with Crippen molar-refractivity contribution in [3.05, 3.63) is 39.9 Å². The van der Waals surface area contributed by atoms with Crippen LogP contribution in [-0.2, 0) is 25.5 Å². The molecule has 0 spiro atoms. The van der Waals surface area contributed by atoms with Crippen molar-refractivity contribution < 1.29 is 33.8 Å². The number of thiazole rings is 1. The fourth-order valence-electron chi connectivity index (χ4n) is 2.57. The van der Waals surface area contributed by atoms with Crippen molar-refractivity contribution in [3.8, 4) is 5.75 Å². The molecule has 0 saturated heterocycles. The fraction of sp³-hybridized carbons (Fsp3) is 0.381. The van der Waals surface area contributed by atoms with Crippen LogP contribution in [0.25, 0.3) is 0 Å².